The van der Waals surface area contributed by atoms with E-state index in [1.807, 2.05) is 0 Å². The van der Waals surface area contributed by atoms with Gasteiger partial charge in [-0.2, -0.15) is 0 Å². The summed E-state index contributed by atoms with van der Waals surface area (Å²) in [6.07, 6.45) is 1.39. The number of carbonyl (C=O) groups is 3. The summed E-state index contributed by atoms with van der Waals surface area (Å²) in [7, 11) is 1.43. The van der Waals surface area contributed by atoms with E-state index in [9.17, 15) is 18.8 Å². The smallest absolute Gasteiger partial charge is 0.282 e. The van der Waals surface area contributed by atoms with Gasteiger partial charge >= 0.3 is 0 Å². The fourth-order valence-electron chi connectivity index (χ4n) is 3.30. The zero-order valence-corrected chi connectivity index (χ0v) is 18.1. The Morgan fingerprint density at radius 3 is 2.47 bits per heavy atom. The molecule has 0 unspecified atom stereocenters. The molecule has 1 fully saturated rings. The van der Waals surface area contributed by atoms with E-state index in [2.05, 4.69) is 10.7 Å². The molecule has 4 rings (SSSR count). The van der Waals surface area contributed by atoms with E-state index in [0.717, 1.165) is 5.01 Å². The van der Waals surface area contributed by atoms with Crippen LogP contribution < -0.4 is 25.2 Å². The first kappa shape index (κ1) is 22.5. The zero-order valence-electron chi connectivity index (χ0n) is 18.1. The fourth-order valence-corrected chi connectivity index (χ4v) is 3.30. The monoisotopic (exact) mass is 461 g/mol. The third-order valence-electron chi connectivity index (χ3n) is 4.91. The van der Waals surface area contributed by atoms with Crippen molar-refractivity contribution < 1.29 is 28.2 Å². The van der Waals surface area contributed by atoms with Gasteiger partial charge in [-0.05, 0) is 48.5 Å². The third-order valence-corrected chi connectivity index (χ3v) is 4.91. The molecule has 1 saturated heterocycles. The molecule has 3 aromatic rings. The summed E-state index contributed by atoms with van der Waals surface area (Å²) in [4.78, 5) is 37.7. The van der Waals surface area contributed by atoms with Crippen molar-refractivity contribution >= 4 is 35.2 Å². The Hall–Kier alpha value is -4.66. The highest BCUT2D eigenvalue weighted by Crippen LogP contribution is 2.33. The summed E-state index contributed by atoms with van der Waals surface area (Å²) >= 11 is 0. The van der Waals surface area contributed by atoms with Crippen molar-refractivity contribution in [2.45, 2.75) is 0 Å². The number of nitrogens with zero attached hydrogens (tertiary/aromatic N) is 1. The molecule has 0 aromatic heterocycles. The Labute approximate surface area is 194 Å². The second-order valence-corrected chi connectivity index (χ2v) is 7.20. The number of amides is 3. The van der Waals surface area contributed by atoms with Gasteiger partial charge in [0.15, 0.2) is 18.1 Å². The maximum absolute atomic E-state index is 13.1. The van der Waals surface area contributed by atoms with Crippen LogP contribution >= 0.6 is 0 Å². The highest BCUT2D eigenvalue weighted by Gasteiger charge is 2.34. The summed E-state index contributed by atoms with van der Waals surface area (Å²) in [6.45, 7) is -0.385. The van der Waals surface area contributed by atoms with Crippen LogP contribution in [0.4, 0.5) is 15.8 Å². The number of anilines is 2. The average molecular weight is 461 g/mol. The topological polar surface area (TPSA) is 97.0 Å². The molecule has 0 radical (unpaired) electrons. The zero-order chi connectivity index (χ0) is 24.1. The maximum Gasteiger partial charge on any atom is 0.282 e. The van der Waals surface area contributed by atoms with Crippen molar-refractivity contribution in [3.63, 3.8) is 0 Å². The van der Waals surface area contributed by atoms with Crippen LogP contribution in [0, 0.1) is 5.82 Å². The average Bonchev–Trinajstić information content (AvgIpc) is 3.13. The number of benzene rings is 3. The molecule has 1 heterocycles. The Balaban J connectivity index is 1.55. The van der Waals surface area contributed by atoms with Crippen LogP contribution in [-0.4, -0.2) is 31.4 Å². The van der Waals surface area contributed by atoms with Crippen LogP contribution in [0.1, 0.15) is 5.56 Å². The Morgan fingerprint density at radius 2 is 1.76 bits per heavy atom. The van der Waals surface area contributed by atoms with Gasteiger partial charge < -0.3 is 14.8 Å². The van der Waals surface area contributed by atoms with Crippen LogP contribution in [0.2, 0.25) is 0 Å². The standard InChI is InChI=1S/C25H20FN3O5/c1-33-21-9-5-6-16(23(21)34-15-22(30)27-18-12-10-17(26)11-13-18)14-20-24(31)28-29(25(20)32)19-7-3-2-4-8-19/h2-14H,15H2,1H3,(H,27,30)(H,28,31)/b20-14+. The molecular formula is C25H20FN3O5. The quantitative estimate of drug-likeness (QED) is 0.416. The van der Waals surface area contributed by atoms with Gasteiger partial charge in [-0.15, -0.1) is 0 Å². The van der Waals surface area contributed by atoms with Crippen molar-refractivity contribution in [3.8, 4) is 11.5 Å². The van der Waals surface area contributed by atoms with Crippen LogP contribution in [0.3, 0.4) is 0 Å². The van der Waals surface area contributed by atoms with Crippen LogP contribution in [0.25, 0.3) is 6.08 Å². The van der Waals surface area contributed by atoms with Crippen LogP contribution in [-0.2, 0) is 14.4 Å². The largest absolute Gasteiger partial charge is 0.493 e. The number of carbonyl (C=O) groups excluding carboxylic acids is 3. The summed E-state index contributed by atoms with van der Waals surface area (Å²) in [6, 6.07) is 18.9. The third kappa shape index (κ3) is 4.88. The van der Waals surface area contributed by atoms with Gasteiger partial charge in [0.05, 0.1) is 12.8 Å². The molecule has 34 heavy (non-hydrogen) atoms. The number of halogens is 1. The van der Waals surface area contributed by atoms with Gasteiger partial charge in [0.1, 0.15) is 11.4 Å². The molecule has 3 amide bonds. The number of rotatable bonds is 7. The first-order chi connectivity index (χ1) is 16.5. The van der Waals surface area contributed by atoms with E-state index >= 15 is 0 Å². The summed E-state index contributed by atoms with van der Waals surface area (Å²) in [5, 5.41) is 3.75. The fraction of sp³-hybridized carbons (Fsp3) is 0.0800. The molecule has 0 spiro atoms. The van der Waals surface area contributed by atoms with Gasteiger partial charge in [-0.1, -0.05) is 30.3 Å². The van der Waals surface area contributed by atoms with Gasteiger partial charge in [-0.25, -0.2) is 9.40 Å². The minimum atomic E-state index is -0.573. The SMILES string of the molecule is COc1cccc(/C=C2\C(=O)NN(c3ccccc3)C2=O)c1OCC(=O)Nc1ccc(F)cc1. The van der Waals surface area contributed by atoms with E-state index in [-0.39, 0.29) is 17.9 Å². The molecule has 9 heteroatoms. The Bertz CT molecular complexity index is 1260. The first-order valence-corrected chi connectivity index (χ1v) is 10.2. The number of methoxy groups -OCH3 is 1. The maximum atomic E-state index is 13.1. The van der Waals surface area contributed by atoms with E-state index in [4.69, 9.17) is 9.47 Å². The predicted octanol–water partition coefficient (Wildman–Crippen LogP) is 3.31. The number of hydrogen-bond acceptors (Lipinski definition) is 5. The predicted molar refractivity (Wildman–Crippen MR) is 124 cm³/mol. The van der Waals surface area contributed by atoms with Gasteiger partial charge in [0.25, 0.3) is 17.7 Å². The van der Waals surface area contributed by atoms with Gasteiger partial charge in [0.2, 0.25) is 0 Å². The molecule has 0 bridgehead atoms. The highest BCUT2D eigenvalue weighted by molar-refractivity contribution is 6.31. The molecule has 172 valence electrons. The van der Waals surface area contributed by atoms with Gasteiger partial charge in [0, 0.05) is 11.3 Å². The van der Waals surface area contributed by atoms with Crippen molar-refractivity contribution in [1.82, 2.24) is 5.43 Å². The second-order valence-electron chi connectivity index (χ2n) is 7.20. The Kier molecular flexibility index (Phi) is 6.54. The second kappa shape index (κ2) is 9.86. The molecule has 0 saturated carbocycles. The molecule has 8 nitrogen and oxygen atoms in total. The minimum Gasteiger partial charge on any atom is -0.493 e. The van der Waals surface area contributed by atoms with Crippen LogP contribution in [0.15, 0.2) is 78.4 Å². The normalized spacial score (nSPS) is 14.2. The minimum absolute atomic E-state index is 0.0993. The number of hydrazine groups is 1. The molecule has 1 aliphatic rings. The molecule has 2 N–H and O–H groups in total. The van der Waals surface area contributed by atoms with E-state index in [0.29, 0.717) is 22.7 Å². The lowest BCUT2D eigenvalue weighted by Gasteiger charge is -2.14. The summed E-state index contributed by atoms with van der Waals surface area (Å²) in [5.41, 5.74) is 3.74. The van der Waals surface area contributed by atoms with E-state index in [1.165, 1.54) is 37.5 Å². The number of ether oxygens (including phenoxy) is 2. The first-order valence-electron chi connectivity index (χ1n) is 10.2. The van der Waals surface area contributed by atoms with Gasteiger partial charge in [-0.3, -0.25) is 19.8 Å². The lowest BCUT2D eigenvalue weighted by Crippen LogP contribution is -2.35. The number of hydrogen-bond donors (Lipinski definition) is 2. The summed E-state index contributed by atoms with van der Waals surface area (Å²) in [5.74, 6) is -1.51. The van der Waals surface area contributed by atoms with Crippen molar-refractivity contribution in [2.24, 2.45) is 0 Å². The van der Waals surface area contributed by atoms with E-state index < -0.39 is 23.5 Å². The molecule has 1 aliphatic heterocycles. The number of nitrogens with one attached hydrogen (secondary N) is 2. The highest BCUT2D eigenvalue weighted by atomic mass is 19.1. The van der Waals surface area contributed by atoms with Crippen molar-refractivity contribution in [2.75, 3.05) is 24.0 Å². The molecular weight excluding hydrogens is 441 g/mol. The Morgan fingerprint density at radius 1 is 1.03 bits per heavy atom. The lowest BCUT2D eigenvalue weighted by atomic mass is 10.1. The van der Waals surface area contributed by atoms with Crippen molar-refractivity contribution in [1.29, 1.82) is 0 Å². The molecule has 0 atom stereocenters. The summed E-state index contributed by atoms with van der Waals surface area (Å²) < 4.78 is 24.1. The van der Waals surface area contributed by atoms with E-state index in [1.54, 1.807) is 48.5 Å². The lowest BCUT2D eigenvalue weighted by molar-refractivity contribution is -0.118. The number of para-hydroxylation sites is 2. The van der Waals surface area contributed by atoms with Crippen LogP contribution in [0.5, 0.6) is 11.5 Å². The molecule has 0 aliphatic carbocycles. The molecule has 3 aromatic carbocycles. The van der Waals surface area contributed by atoms with Crippen molar-refractivity contribution in [3.05, 3.63) is 89.8 Å².